The van der Waals surface area contributed by atoms with Crippen molar-refractivity contribution in [3.63, 3.8) is 0 Å². The Balaban J connectivity index is 0.974. The minimum Gasteiger partial charge on any atom is -0.309 e. The number of hydrogen-bond donors (Lipinski definition) is 0. The summed E-state index contributed by atoms with van der Waals surface area (Å²) in [5.74, 6) is 0. The molecule has 0 spiro atoms. The van der Waals surface area contributed by atoms with Crippen LogP contribution in [-0.2, 0) is 49.4 Å². The van der Waals surface area contributed by atoms with E-state index in [2.05, 4.69) is 281 Å². The van der Waals surface area contributed by atoms with Crippen molar-refractivity contribution in [3.05, 3.63) is 251 Å². The topological polar surface area (TPSA) is 16.3 Å². The second-order valence-corrected chi connectivity index (χ2v) is 28.3. The lowest BCUT2D eigenvalue weighted by atomic mass is 9.85. The van der Waals surface area contributed by atoms with E-state index in [1.807, 2.05) is 0 Å². The Morgan fingerprint density at radius 1 is 0.333 bits per heavy atom. The van der Waals surface area contributed by atoms with E-state index in [4.69, 9.17) is 0 Å². The van der Waals surface area contributed by atoms with Gasteiger partial charge in [0.05, 0.1) is 33.4 Å². The van der Waals surface area contributed by atoms with Gasteiger partial charge >= 0.3 is 0 Å². The van der Waals surface area contributed by atoms with Crippen molar-refractivity contribution >= 4 is 110 Å². The summed E-state index contributed by atoms with van der Waals surface area (Å²) in [6.45, 7) is 18.6. The lowest BCUT2D eigenvalue weighted by molar-refractivity contribution is 0.590. The largest absolute Gasteiger partial charge is 0.309 e. The van der Waals surface area contributed by atoms with Crippen molar-refractivity contribution in [2.24, 2.45) is 0 Å². The van der Waals surface area contributed by atoms with E-state index in [0.29, 0.717) is 0 Å². The SMILES string of the molecule is CCCc1cc(N(c2ccc3c4ccccc4n(-c4ccc(C(C)(C)C)cc4)c3c2)c2cccc3c2CCCC3)c2ccc3c(CCC)cc(N(c4ccc5c6ccccc6n(-c6ccc(C(C)(C)C)cc6)c5c4)c4cccc5c4CCCC5)c4ccc1c2c34. The molecule has 446 valence electrons. The van der Waals surface area contributed by atoms with E-state index in [1.165, 1.54) is 192 Å². The molecule has 2 heterocycles. The predicted molar refractivity (Wildman–Crippen MR) is 387 cm³/mol. The van der Waals surface area contributed by atoms with Gasteiger partial charge in [-0.2, -0.15) is 0 Å². The molecule has 0 atom stereocenters. The number of rotatable bonds is 12. The Labute approximate surface area is 531 Å². The Hall–Kier alpha value is -9.12. The van der Waals surface area contributed by atoms with Crippen LogP contribution in [0.25, 0.3) is 87.3 Å². The van der Waals surface area contributed by atoms with Gasteiger partial charge in [0.1, 0.15) is 0 Å². The molecule has 14 aromatic rings. The molecular weight excluding hydrogens is 1090 g/mol. The molecule has 4 nitrogen and oxygen atoms in total. The zero-order valence-electron chi connectivity index (χ0n) is 53.9. The van der Waals surface area contributed by atoms with Gasteiger partial charge in [-0.3, -0.25) is 0 Å². The van der Waals surface area contributed by atoms with E-state index in [9.17, 15) is 0 Å². The maximum Gasteiger partial charge on any atom is 0.0561 e. The fraction of sp³-hybridized carbons (Fsp3) is 0.256. The number of nitrogens with zero attached hydrogens (tertiary/aromatic N) is 4. The number of hydrogen-bond acceptors (Lipinski definition) is 2. The maximum atomic E-state index is 2.70. The van der Waals surface area contributed by atoms with Gasteiger partial charge in [0.15, 0.2) is 0 Å². The van der Waals surface area contributed by atoms with Crippen molar-refractivity contribution in [1.82, 2.24) is 9.13 Å². The number of aromatic nitrogens is 2. The smallest absolute Gasteiger partial charge is 0.0561 e. The van der Waals surface area contributed by atoms with Crippen molar-refractivity contribution in [1.29, 1.82) is 0 Å². The normalized spacial score (nSPS) is 13.8. The molecule has 0 amide bonds. The first kappa shape index (κ1) is 56.1. The highest BCUT2D eigenvalue weighted by atomic mass is 15.2. The summed E-state index contributed by atoms with van der Waals surface area (Å²) in [4.78, 5) is 5.39. The van der Waals surface area contributed by atoms with Gasteiger partial charge in [0, 0.05) is 66.4 Å². The molecule has 0 aliphatic heterocycles. The number of fused-ring (bicyclic) bond motifs is 8. The van der Waals surface area contributed by atoms with Crippen LogP contribution in [0, 0.1) is 0 Å². The van der Waals surface area contributed by atoms with E-state index in [-0.39, 0.29) is 10.8 Å². The van der Waals surface area contributed by atoms with Gasteiger partial charge in [-0.05, 0) is 226 Å². The molecule has 12 aromatic carbocycles. The van der Waals surface area contributed by atoms with Gasteiger partial charge in [0.25, 0.3) is 0 Å². The molecule has 0 saturated heterocycles. The molecular formula is C86H82N4. The predicted octanol–water partition coefficient (Wildman–Crippen LogP) is 24.0. The first-order valence-electron chi connectivity index (χ1n) is 33.7. The third kappa shape index (κ3) is 9.13. The Morgan fingerprint density at radius 2 is 0.711 bits per heavy atom. The second-order valence-electron chi connectivity index (χ2n) is 28.3. The summed E-state index contributed by atoms with van der Waals surface area (Å²) >= 11 is 0. The first-order chi connectivity index (χ1) is 43.8. The standard InChI is InChI=1S/C86H82N4/c1-9-21-57-51-79(89(75-33-19-25-55-23-11-13-27-65(55)75)63-43-45-71-69-29-15-17-31-77(69)87(81(71)53-63)61-39-35-59(36-40-61)85(3,4)5)73-50-48-68-58(22-10-2)52-80(74-49-47-67(57)83(73)84(68)74)90(76-34-20-26-56-24-12-14-28-66(56)76)64-44-46-72-70-30-16-18-32-78(70)88(82(72)54-64)62-41-37-60(38-42-62)86(6,7)8/h15-20,25-26,29-54H,9-14,21-24,27-28H2,1-8H3. The molecule has 2 aliphatic carbocycles. The van der Waals surface area contributed by atoms with Crippen LogP contribution in [0.15, 0.2) is 206 Å². The van der Waals surface area contributed by atoms with Crippen LogP contribution in [0.4, 0.5) is 34.1 Å². The number of para-hydroxylation sites is 2. The third-order valence-corrected chi connectivity index (χ3v) is 20.6. The number of anilines is 6. The van der Waals surface area contributed by atoms with Crippen LogP contribution in [0.5, 0.6) is 0 Å². The average molecular weight is 1170 g/mol. The Kier molecular flexibility index (Phi) is 13.6. The van der Waals surface area contributed by atoms with Gasteiger partial charge in [-0.15, -0.1) is 0 Å². The highest BCUT2D eigenvalue weighted by Gasteiger charge is 2.30. The molecule has 0 fully saturated rings. The van der Waals surface area contributed by atoms with E-state index in [1.54, 1.807) is 0 Å². The van der Waals surface area contributed by atoms with Crippen LogP contribution in [-0.4, -0.2) is 9.13 Å². The number of benzene rings is 12. The summed E-state index contributed by atoms with van der Waals surface area (Å²) < 4.78 is 5.03. The van der Waals surface area contributed by atoms with Crippen LogP contribution in [0.2, 0.25) is 0 Å². The van der Waals surface area contributed by atoms with Crippen molar-refractivity contribution in [3.8, 4) is 11.4 Å². The Morgan fingerprint density at radius 3 is 1.12 bits per heavy atom. The van der Waals surface area contributed by atoms with Gasteiger partial charge in [0.2, 0.25) is 0 Å². The van der Waals surface area contributed by atoms with Crippen molar-refractivity contribution in [2.75, 3.05) is 9.80 Å². The van der Waals surface area contributed by atoms with Crippen LogP contribution in [0.1, 0.15) is 138 Å². The van der Waals surface area contributed by atoms with E-state index in [0.717, 1.165) is 51.4 Å². The van der Waals surface area contributed by atoms with Crippen LogP contribution >= 0.6 is 0 Å². The molecule has 4 heteroatoms. The summed E-state index contributed by atoms with van der Waals surface area (Å²) in [5.41, 5.74) is 26.2. The molecule has 0 saturated carbocycles. The molecule has 0 unspecified atom stereocenters. The fourth-order valence-electron chi connectivity index (χ4n) is 16.2. The second kappa shape index (κ2) is 21.8. The van der Waals surface area contributed by atoms with Crippen molar-refractivity contribution in [2.45, 2.75) is 143 Å². The minimum absolute atomic E-state index is 0.0530. The molecule has 16 rings (SSSR count). The molecule has 0 bridgehead atoms. The molecule has 0 N–H and O–H groups in total. The first-order valence-corrected chi connectivity index (χ1v) is 33.7. The summed E-state index contributed by atoms with van der Waals surface area (Å²) in [5, 5.41) is 13.1. The highest BCUT2D eigenvalue weighted by molar-refractivity contribution is 6.29. The molecule has 90 heavy (non-hydrogen) atoms. The fourth-order valence-corrected chi connectivity index (χ4v) is 16.2. The maximum absolute atomic E-state index is 2.70. The Bertz CT molecular complexity index is 4790. The summed E-state index contributed by atoms with van der Waals surface area (Å²) in [6, 6.07) is 80.9. The van der Waals surface area contributed by atoms with E-state index >= 15 is 0 Å². The van der Waals surface area contributed by atoms with Gasteiger partial charge in [-0.25, -0.2) is 0 Å². The van der Waals surface area contributed by atoms with Gasteiger partial charge in [-0.1, -0.05) is 190 Å². The summed E-state index contributed by atoms with van der Waals surface area (Å²) in [6.07, 6.45) is 13.2. The highest BCUT2D eigenvalue weighted by Crippen LogP contribution is 2.53. The van der Waals surface area contributed by atoms with Crippen LogP contribution in [0.3, 0.4) is 0 Å². The number of aryl methyl sites for hydroxylation is 4. The van der Waals surface area contributed by atoms with Gasteiger partial charge < -0.3 is 18.9 Å². The molecule has 2 aliphatic rings. The summed E-state index contributed by atoms with van der Waals surface area (Å²) in [7, 11) is 0. The third-order valence-electron chi connectivity index (χ3n) is 20.6. The monoisotopic (exact) mass is 1170 g/mol. The van der Waals surface area contributed by atoms with Crippen molar-refractivity contribution < 1.29 is 0 Å². The van der Waals surface area contributed by atoms with Crippen LogP contribution < -0.4 is 9.80 Å². The molecule has 2 aromatic heterocycles. The quantitative estimate of drug-likeness (QED) is 0.113. The van der Waals surface area contributed by atoms with E-state index < -0.39 is 0 Å². The average Bonchev–Trinajstić information content (AvgIpc) is 0.736. The lowest BCUT2D eigenvalue weighted by Crippen LogP contribution is -2.17. The lowest BCUT2D eigenvalue weighted by Gasteiger charge is -2.33. The zero-order valence-corrected chi connectivity index (χ0v) is 53.9. The minimum atomic E-state index is 0.0530. The zero-order chi connectivity index (χ0) is 61.2. The molecule has 0 radical (unpaired) electrons.